The number of fused-ring (bicyclic) bond motifs is 1. The van der Waals surface area contributed by atoms with Gasteiger partial charge in [0.25, 0.3) is 0 Å². The number of thioether (sulfide) groups is 1. The van der Waals surface area contributed by atoms with Gasteiger partial charge in [0, 0.05) is 11.1 Å². The number of hydrogen-bond acceptors (Lipinski definition) is 9. The van der Waals surface area contributed by atoms with Crippen LogP contribution >= 0.6 is 23.7 Å². The van der Waals surface area contributed by atoms with E-state index in [1.165, 1.54) is 11.9 Å². The van der Waals surface area contributed by atoms with E-state index in [0.29, 0.717) is 12.1 Å². The summed E-state index contributed by atoms with van der Waals surface area (Å²) >= 11 is 2.43. The Morgan fingerprint density at radius 2 is 1.97 bits per heavy atom. The summed E-state index contributed by atoms with van der Waals surface area (Å²) in [5.41, 5.74) is 2.03. The number of pyridine rings is 1. The zero-order valence-electron chi connectivity index (χ0n) is 20.6. The normalized spacial score (nSPS) is 15.3. The quantitative estimate of drug-likeness (QED) is 0.143. The Labute approximate surface area is 215 Å². The van der Waals surface area contributed by atoms with Crippen LogP contribution in [0.5, 0.6) is 0 Å². The van der Waals surface area contributed by atoms with Crippen LogP contribution in [0.1, 0.15) is 56.2 Å². The predicted octanol–water partition coefficient (Wildman–Crippen LogP) is 4.32. The summed E-state index contributed by atoms with van der Waals surface area (Å²) in [6, 6.07) is 4.27. The molecular formula is C24H35FN8S2. The maximum Gasteiger partial charge on any atom is 0.140 e. The molecule has 2 aromatic rings. The van der Waals surface area contributed by atoms with Crippen molar-refractivity contribution in [3.63, 3.8) is 0 Å². The lowest BCUT2D eigenvalue weighted by atomic mass is 9.93. The number of aromatic nitrogens is 2. The number of halogens is 1. The van der Waals surface area contributed by atoms with Gasteiger partial charge in [-0.1, -0.05) is 18.7 Å². The minimum Gasteiger partial charge on any atom is -0.320 e. The molecule has 8 nitrogen and oxygen atoms in total. The summed E-state index contributed by atoms with van der Waals surface area (Å²) in [6.45, 7) is 3.21. The molecule has 5 N–H and O–H groups in total. The first-order chi connectivity index (χ1) is 16.9. The van der Waals surface area contributed by atoms with Gasteiger partial charge in [-0.25, -0.2) is 9.37 Å². The molecule has 1 aliphatic carbocycles. The minimum atomic E-state index is -0.520. The third-order valence-electron chi connectivity index (χ3n) is 6.35. The van der Waals surface area contributed by atoms with Crippen molar-refractivity contribution >= 4 is 39.4 Å². The van der Waals surface area contributed by atoms with Gasteiger partial charge in [0.15, 0.2) is 0 Å². The molecule has 0 spiro atoms. The number of rotatable bonds is 14. The van der Waals surface area contributed by atoms with E-state index >= 15 is 0 Å². The molecule has 1 atom stereocenters. The number of nitrogens with zero attached hydrogens (tertiary/aromatic N) is 3. The maximum atomic E-state index is 13.5. The molecular weight excluding hydrogens is 483 g/mol. The van der Waals surface area contributed by atoms with E-state index in [1.54, 1.807) is 6.20 Å². The van der Waals surface area contributed by atoms with Crippen LogP contribution in [0.2, 0.25) is 0 Å². The second-order valence-corrected chi connectivity index (χ2v) is 10.9. The van der Waals surface area contributed by atoms with E-state index < -0.39 is 11.5 Å². The van der Waals surface area contributed by atoms with Gasteiger partial charge in [-0.3, -0.25) is 19.9 Å². The van der Waals surface area contributed by atoms with Crippen LogP contribution < -0.4 is 15.4 Å². The van der Waals surface area contributed by atoms with Crippen LogP contribution in [0.15, 0.2) is 23.4 Å². The van der Waals surface area contributed by atoms with Gasteiger partial charge in [0.2, 0.25) is 0 Å². The summed E-state index contributed by atoms with van der Waals surface area (Å²) < 4.78 is 18.7. The molecule has 35 heavy (non-hydrogen) atoms. The second-order valence-electron chi connectivity index (χ2n) is 8.95. The van der Waals surface area contributed by atoms with Crippen molar-refractivity contribution in [2.75, 3.05) is 33.9 Å². The van der Waals surface area contributed by atoms with Crippen LogP contribution in [0, 0.1) is 28.1 Å². The molecule has 1 aliphatic rings. The Morgan fingerprint density at radius 1 is 1.29 bits per heavy atom. The van der Waals surface area contributed by atoms with Crippen molar-refractivity contribution in [3.8, 4) is 6.07 Å². The Balaban J connectivity index is 1.99. The number of nitriles is 1. The van der Waals surface area contributed by atoms with Crippen molar-refractivity contribution < 1.29 is 4.39 Å². The van der Waals surface area contributed by atoms with Crippen molar-refractivity contribution in [1.29, 1.82) is 16.1 Å². The smallest absolute Gasteiger partial charge is 0.140 e. The molecule has 0 aromatic carbocycles. The molecule has 190 valence electrons. The lowest BCUT2D eigenvalue weighted by Crippen LogP contribution is -2.27. The molecule has 1 unspecified atom stereocenters. The molecule has 0 radical (unpaired) electrons. The predicted molar refractivity (Wildman–Crippen MR) is 143 cm³/mol. The zero-order valence-corrected chi connectivity index (χ0v) is 22.2. The van der Waals surface area contributed by atoms with E-state index in [9.17, 15) is 9.65 Å². The Bertz CT molecular complexity index is 1070. The first kappa shape index (κ1) is 27.6. The van der Waals surface area contributed by atoms with Crippen LogP contribution in [0.3, 0.4) is 0 Å². The number of alkyl halides is 1. The molecule has 0 aliphatic heterocycles. The molecule has 1 fully saturated rings. The van der Waals surface area contributed by atoms with Crippen LogP contribution in [0.25, 0.3) is 5.65 Å². The topological polar surface area (TPSA) is 125 Å². The largest absolute Gasteiger partial charge is 0.320 e. The third-order valence-corrected chi connectivity index (χ3v) is 8.27. The van der Waals surface area contributed by atoms with Crippen molar-refractivity contribution in [2.24, 2.45) is 5.92 Å². The summed E-state index contributed by atoms with van der Waals surface area (Å²) in [5, 5.41) is 33.1. The van der Waals surface area contributed by atoms with Crippen LogP contribution in [0.4, 0.5) is 4.39 Å². The third kappa shape index (κ3) is 6.83. The molecule has 3 rings (SSSR count). The number of hydrogen-bond donors (Lipinski definition) is 5. The summed E-state index contributed by atoms with van der Waals surface area (Å²) in [5.74, 6) is -0.277. The highest BCUT2D eigenvalue weighted by molar-refractivity contribution is 8.26. The highest BCUT2D eigenvalue weighted by atomic mass is 32.2. The summed E-state index contributed by atoms with van der Waals surface area (Å²) in [4.78, 5) is 5.62. The van der Waals surface area contributed by atoms with Crippen molar-refractivity contribution in [3.05, 3.63) is 29.7 Å². The van der Waals surface area contributed by atoms with Crippen molar-refractivity contribution in [2.45, 2.75) is 55.4 Å². The lowest BCUT2D eigenvalue weighted by Gasteiger charge is -2.20. The Morgan fingerprint density at radius 3 is 2.51 bits per heavy atom. The molecule has 11 heteroatoms. The van der Waals surface area contributed by atoms with Gasteiger partial charge in [-0.15, -0.1) is 0 Å². The van der Waals surface area contributed by atoms with E-state index in [-0.39, 0.29) is 22.7 Å². The summed E-state index contributed by atoms with van der Waals surface area (Å²) in [7, 11) is 3.89. The molecule has 1 saturated carbocycles. The van der Waals surface area contributed by atoms with Gasteiger partial charge in [0.05, 0.1) is 34.5 Å². The molecule has 0 saturated heterocycles. The van der Waals surface area contributed by atoms with E-state index in [0.717, 1.165) is 66.6 Å². The molecule has 0 amide bonds. The lowest BCUT2D eigenvalue weighted by molar-refractivity contribution is 0.402. The monoisotopic (exact) mass is 518 g/mol. The highest BCUT2D eigenvalue weighted by Gasteiger charge is 2.43. The highest BCUT2D eigenvalue weighted by Crippen LogP contribution is 2.39. The van der Waals surface area contributed by atoms with Crippen molar-refractivity contribution in [1.82, 2.24) is 24.7 Å². The second kappa shape index (κ2) is 12.8. The van der Waals surface area contributed by atoms with Crippen LogP contribution in [-0.2, 0) is 0 Å². The standard InChI is InChI=1S/C24H35FN8S2/c1-4-16(12-26)21(27)34-22(28)20-13-31-23-19(17(5-9-29-2)6-10-30-3)11-18(14-33(20)23)35-32-24(15-25)7-8-24/h11,13-14,16-17,27-30,32H,4-10,15H2,1-3H3. The van der Waals surface area contributed by atoms with Gasteiger partial charge >= 0.3 is 0 Å². The Hall–Kier alpha value is -1.97. The number of nitrogens with one attached hydrogen (secondary N) is 5. The fourth-order valence-electron chi connectivity index (χ4n) is 3.85. The van der Waals surface area contributed by atoms with E-state index in [1.807, 2.05) is 31.6 Å². The average molecular weight is 519 g/mol. The Kier molecular flexibility index (Phi) is 10.1. The fraction of sp³-hybridized carbons (Fsp3) is 0.583. The SMILES string of the molecule is CCC(C#N)C(=N)SC(=N)c1cnc2c(C(CCNC)CCNC)cc(SNC3(CF)CC3)cn12. The van der Waals surface area contributed by atoms with E-state index in [4.69, 9.17) is 15.8 Å². The number of imidazole rings is 1. The molecule has 0 bridgehead atoms. The first-order valence-corrected chi connectivity index (χ1v) is 13.6. The van der Waals surface area contributed by atoms with E-state index in [2.05, 4.69) is 27.5 Å². The fourth-order valence-corrected chi connectivity index (χ4v) is 5.63. The summed E-state index contributed by atoms with van der Waals surface area (Å²) in [6.07, 6.45) is 7.67. The first-order valence-electron chi connectivity index (χ1n) is 12.0. The molecule has 2 aromatic heterocycles. The minimum absolute atomic E-state index is 0.168. The van der Waals surface area contributed by atoms with Gasteiger partial charge in [-0.05, 0) is 88.8 Å². The maximum absolute atomic E-state index is 13.5. The van der Waals surface area contributed by atoms with Gasteiger partial charge in [0.1, 0.15) is 17.4 Å². The average Bonchev–Trinajstić information content (AvgIpc) is 3.52. The van der Waals surface area contributed by atoms with Gasteiger partial charge < -0.3 is 10.6 Å². The molecule has 2 heterocycles. The zero-order chi connectivity index (χ0) is 25.4. The van der Waals surface area contributed by atoms with Gasteiger partial charge in [-0.2, -0.15) is 5.26 Å². The van der Waals surface area contributed by atoms with Crippen LogP contribution in [-0.4, -0.2) is 58.9 Å².